The molecule has 4 rings (SSSR count). The molecule has 25 heavy (non-hydrogen) atoms. The highest BCUT2D eigenvalue weighted by Crippen LogP contribution is 2.36. The highest BCUT2D eigenvalue weighted by molar-refractivity contribution is 6.15. The number of ether oxygens (including phenoxy) is 1. The molecule has 0 aliphatic rings. The van der Waals surface area contributed by atoms with Gasteiger partial charge in [-0.15, -0.1) is 0 Å². The van der Waals surface area contributed by atoms with E-state index in [9.17, 15) is 4.79 Å². The molecule has 0 atom stereocenters. The summed E-state index contributed by atoms with van der Waals surface area (Å²) in [5, 5.41) is 0.936. The molecule has 3 nitrogen and oxygen atoms in total. The highest BCUT2D eigenvalue weighted by Gasteiger charge is 2.22. The van der Waals surface area contributed by atoms with Gasteiger partial charge in [-0.1, -0.05) is 48.5 Å². The molecule has 0 fully saturated rings. The first-order valence-corrected chi connectivity index (χ1v) is 8.03. The molecule has 3 heteroatoms. The minimum atomic E-state index is -0.141. The molecule has 0 amide bonds. The summed E-state index contributed by atoms with van der Waals surface area (Å²) in [6, 6.07) is 24.6. The lowest BCUT2D eigenvalue weighted by atomic mass is 9.98. The third-order valence-corrected chi connectivity index (χ3v) is 4.22. The summed E-state index contributed by atoms with van der Waals surface area (Å²) in [5.74, 6) is 0.930. The van der Waals surface area contributed by atoms with Crippen LogP contribution in [0.4, 0.5) is 0 Å². The van der Waals surface area contributed by atoms with Crippen LogP contribution >= 0.6 is 0 Å². The number of hydrogen-bond acceptors (Lipinski definition) is 3. The van der Waals surface area contributed by atoms with E-state index in [0.29, 0.717) is 22.7 Å². The van der Waals surface area contributed by atoms with Crippen molar-refractivity contribution in [3.8, 4) is 16.9 Å². The molecular formula is C22H16O3. The van der Waals surface area contributed by atoms with Crippen LogP contribution in [0.15, 0.2) is 83.3 Å². The van der Waals surface area contributed by atoms with Gasteiger partial charge in [0.25, 0.3) is 0 Å². The molecule has 1 heterocycles. The molecule has 0 saturated carbocycles. The van der Waals surface area contributed by atoms with Gasteiger partial charge in [0.2, 0.25) is 5.78 Å². The maximum atomic E-state index is 13.1. The molecular weight excluding hydrogens is 312 g/mol. The number of para-hydroxylation sites is 1. The van der Waals surface area contributed by atoms with Gasteiger partial charge >= 0.3 is 0 Å². The number of fused-ring (bicyclic) bond motifs is 1. The zero-order valence-electron chi connectivity index (χ0n) is 13.7. The number of rotatable bonds is 4. The van der Waals surface area contributed by atoms with Crippen molar-refractivity contribution >= 4 is 16.8 Å². The van der Waals surface area contributed by atoms with Crippen LogP contribution in [0.1, 0.15) is 16.1 Å². The number of carbonyl (C=O) groups excluding carboxylic acids is 1. The van der Waals surface area contributed by atoms with Crippen LogP contribution in [0, 0.1) is 0 Å². The Labute approximate surface area is 145 Å². The summed E-state index contributed by atoms with van der Waals surface area (Å²) >= 11 is 0. The molecule has 0 spiro atoms. The SMILES string of the molecule is COc1ccc(C(=O)c2oc3ccccc3c2-c2ccccc2)cc1. The van der Waals surface area contributed by atoms with Crippen LogP contribution in [0.5, 0.6) is 5.75 Å². The van der Waals surface area contributed by atoms with Gasteiger partial charge < -0.3 is 9.15 Å². The fourth-order valence-electron chi connectivity index (χ4n) is 2.97. The third kappa shape index (κ3) is 2.70. The Hall–Kier alpha value is -3.33. The molecule has 0 unspecified atom stereocenters. The van der Waals surface area contributed by atoms with Crippen molar-refractivity contribution < 1.29 is 13.9 Å². The highest BCUT2D eigenvalue weighted by atomic mass is 16.5. The van der Waals surface area contributed by atoms with E-state index in [1.54, 1.807) is 31.4 Å². The summed E-state index contributed by atoms with van der Waals surface area (Å²) in [7, 11) is 1.60. The molecule has 1 aromatic heterocycles. The largest absolute Gasteiger partial charge is 0.497 e. The van der Waals surface area contributed by atoms with E-state index in [1.807, 2.05) is 54.6 Å². The molecule has 0 radical (unpaired) electrons. The lowest BCUT2D eigenvalue weighted by Crippen LogP contribution is -2.01. The number of carbonyl (C=O) groups is 1. The predicted molar refractivity (Wildman–Crippen MR) is 98.1 cm³/mol. The number of benzene rings is 3. The van der Waals surface area contributed by atoms with Crippen LogP contribution < -0.4 is 4.74 Å². The summed E-state index contributed by atoms with van der Waals surface area (Å²) in [6.07, 6.45) is 0. The van der Waals surface area contributed by atoms with Crippen LogP contribution in [0.25, 0.3) is 22.1 Å². The minimum Gasteiger partial charge on any atom is -0.497 e. The van der Waals surface area contributed by atoms with Crippen molar-refractivity contribution in [1.29, 1.82) is 0 Å². The first-order chi connectivity index (χ1) is 12.3. The van der Waals surface area contributed by atoms with Gasteiger partial charge in [0.15, 0.2) is 5.76 Å². The van der Waals surface area contributed by atoms with Crippen LogP contribution in [0.3, 0.4) is 0 Å². The molecule has 3 aromatic carbocycles. The molecule has 0 bridgehead atoms. The normalized spacial score (nSPS) is 10.8. The number of methoxy groups -OCH3 is 1. The second kappa shape index (κ2) is 6.29. The third-order valence-electron chi connectivity index (χ3n) is 4.22. The van der Waals surface area contributed by atoms with Gasteiger partial charge in [-0.05, 0) is 35.9 Å². The fraction of sp³-hybridized carbons (Fsp3) is 0.0455. The smallest absolute Gasteiger partial charge is 0.228 e. The summed E-state index contributed by atoms with van der Waals surface area (Å²) in [4.78, 5) is 13.1. The number of ketones is 1. The monoisotopic (exact) mass is 328 g/mol. The summed E-state index contributed by atoms with van der Waals surface area (Å²) < 4.78 is 11.1. The Balaban J connectivity index is 1.90. The molecule has 0 aliphatic heterocycles. The second-order valence-corrected chi connectivity index (χ2v) is 5.73. The van der Waals surface area contributed by atoms with Crippen LogP contribution in [0.2, 0.25) is 0 Å². The first-order valence-electron chi connectivity index (χ1n) is 8.03. The molecule has 0 N–H and O–H groups in total. The first kappa shape index (κ1) is 15.2. The zero-order chi connectivity index (χ0) is 17.2. The van der Waals surface area contributed by atoms with E-state index >= 15 is 0 Å². The van der Waals surface area contributed by atoms with Crippen molar-refractivity contribution in [3.63, 3.8) is 0 Å². The topological polar surface area (TPSA) is 39.4 Å². The molecule has 0 aliphatic carbocycles. The van der Waals surface area contributed by atoms with Gasteiger partial charge in [0.1, 0.15) is 11.3 Å². The van der Waals surface area contributed by atoms with E-state index in [2.05, 4.69) is 0 Å². The van der Waals surface area contributed by atoms with E-state index in [-0.39, 0.29) is 5.78 Å². The standard InChI is InChI=1S/C22H16O3/c1-24-17-13-11-16(12-14-17)21(23)22-20(15-7-3-2-4-8-15)18-9-5-6-10-19(18)25-22/h2-14H,1H3. The lowest BCUT2D eigenvalue weighted by molar-refractivity contribution is 0.101. The van der Waals surface area contributed by atoms with Gasteiger partial charge in [0, 0.05) is 16.5 Å². The van der Waals surface area contributed by atoms with E-state index in [4.69, 9.17) is 9.15 Å². The summed E-state index contributed by atoms with van der Waals surface area (Å²) in [6.45, 7) is 0. The quantitative estimate of drug-likeness (QED) is 0.475. The van der Waals surface area contributed by atoms with Crippen molar-refractivity contribution in [1.82, 2.24) is 0 Å². The van der Waals surface area contributed by atoms with Gasteiger partial charge in [-0.25, -0.2) is 0 Å². The lowest BCUT2D eigenvalue weighted by Gasteiger charge is -2.04. The Bertz CT molecular complexity index is 1030. The molecule has 0 saturated heterocycles. The number of furan rings is 1. The average molecular weight is 328 g/mol. The maximum absolute atomic E-state index is 13.1. The maximum Gasteiger partial charge on any atom is 0.228 e. The van der Waals surface area contributed by atoms with Crippen molar-refractivity contribution in [3.05, 3.63) is 90.2 Å². The van der Waals surface area contributed by atoms with Crippen LogP contribution in [-0.2, 0) is 0 Å². The van der Waals surface area contributed by atoms with Gasteiger partial charge in [-0.2, -0.15) is 0 Å². The van der Waals surface area contributed by atoms with E-state index in [1.165, 1.54) is 0 Å². The Morgan fingerprint density at radius 3 is 2.24 bits per heavy atom. The summed E-state index contributed by atoms with van der Waals surface area (Å²) in [5.41, 5.74) is 3.07. The molecule has 4 aromatic rings. The average Bonchev–Trinajstić information content (AvgIpc) is 3.07. The van der Waals surface area contributed by atoms with Gasteiger partial charge in [-0.3, -0.25) is 4.79 Å². The minimum absolute atomic E-state index is 0.141. The molecule has 122 valence electrons. The van der Waals surface area contributed by atoms with Gasteiger partial charge in [0.05, 0.1) is 7.11 Å². The Morgan fingerprint density at radius 2 is 1.52 bits per heavy atom. The number of hydrogen-bond donors (Lipinski definition) is 0. The fourth-order valence-corrected chi connectivity index (χ4v) is 2.97. The van der Waals surface area contributed by atoms with E-state index in [0.717, 1.165) is 16.5 Å². The Kier molecular flexibility index (Phi) is 3.82. The second-order valence-electron chi connectivity index (χ2n) is 5.73. The predicted octanol–water partition coefficient (Wildman–Crippen LogP) is 5.34. The van der Waals surface area contributed by atoms with Crippen LogP contribution in [-0.4, -0.2) is 12.9 Å². The van der Waals surface area contributed by atoms with E-state index < -0.39 is 0 Å². The van der Waals surface area contributed by atoms with Crippen molar-refractivity contribution in [2.24, 2.45) is 0 Å². The van der Waals surface area contributed by atoms with Crippen molar-refractivity contribution in [2.45, 2.75) is 0 Å². The zero-order valence-corrected chi connectivity index (χ0v) is 13.7. The Morgan fingerprint density at radius 1 is 0.840 bits per heavy atom. The van der Waals surface area contributed by atoms with Crippen molar-refractivity contribution in [2.75, 3.05) is 7.11 Å².